The molecule has 1 rings (SSSR count). The minimum atomic E-state index is -0.649. The molecule has 0 aliphatic heterocycles. The van der Waals surface area contributed by atoms with Crippen LogP contribution in [0.25, 0.3) is 0 Å². The van der Waals surface area contributed by atoms with Crippen LogP contribution in [0.3, 0.4) is 0 Å². The summed E-state index contributed by atoms with van der Waals surface area (Å²) in [6.45, 7) is 9.03. The summed E-state index contributed by atoms with van der Waals surface area (Å²) in [5.41, 5.74) is -1.18. The van der Waals surface area contributed by atoms with E-state index in [4.69, 9.17) is 4.74 Å². The van der Waals surface area contributed by atoms with Crippen LogP contribution in [0.2, 0.25) is 0 Å². The number of ether oxygens (including phenoxy) is 1. The monoisotopic (exact) mass is 253 g/mol. The average molecular weight is 253 g/mol. The second kappa shape index (κ2) is 5.55. The summed E-state index contributed by atoms with van der Waals surface area (Å²) >= 11 is 0. The summed E-state index contributed by atoms with van der Waals surface area (Å²) in [5.74, 6) is 0.107. The molecule has 0 spiro atoms. The molecule has 18 heavy (non-hydrogen) atoms. The van der Waals surface area contributed by atoms with Crippen molar-refractivity contribution in [3.05, 3.63) is 12.7 Å². The normalized spacial score (nSPS) is 16.8. The van der Waals surface area contributed by atoms with E-state index in [2.05, 4.69) is 11.9 Å². The number of rotatable bonds is 6. The van der Waals surface area contributed by atoms with Gasteiger partial charge in [-0.2, -0.15) is 0 Å². The standard InChI is InChI=1S/C14H23NO3/c1-5-6-7-8-11(16)14(9-10-14)15-12(17)18-13(2,3)4/h5H,1,6-10H2,2-4H3,(H,15,17). The summed E-state index contributed by atoms with van der Waals surface area (Å²) < 4.78 is 5.17. The number of carbonyl (C=O) groups is 2. The van der Waals surface area contributed by atoms with Gasteiger partial charge in [-0.15, -0.1) is 6.58 Å². The quantitative estimate of drug-likeness (QED) is 0.585. The Balaban J connectivity index is 2.42. The van der Waals surface area contributed by atoms with Crippen molar-refractivity contribution in [2.45, 2.75) is 64.0 Å². The third-order valence-corrected chi connectivity index (χ3v) is 2.84. The highest BCUT2D eigenvalue weighted by molar-refractivity contribution is 5.94. The Morgan fingerprint density at radius 1 is 1.39 bits per heavy atom. The molecule has 0 unspecified atom stereocenters. The van der Waals surface area contributed by atoms with Crippen LogP contribution in [0.5, 0.6) is 0 Å². The maximum atomic E-state index is 12.0. The second-order valence-corrected chi connectivity index (χ2v) is 5.81. The van der Waals surface area contributed by atoms with Gasteiger partial charge in [-0.1, -0.05) is 6.08 Å². The number of amides is 1. The molecule has 0 bridgehead atoms. The Morgan fingerprint density at radius 3 is 2.44 bits per heavy atom. The molecule has 0 heterocycles. The number of Topliss-reactive ketones (excluding diaryl/α,β-unsaturated/α-hetero) is 1. The Hall–Kier alpha value is -1.32. The van der Waals surface area contributed by atoms with Crippen molar-refractivity contribution >= 4 is 11.9 Å². The zero-order chi connectivity index (χ0) is 13.8. The summed E-state index contributed by atoms with van der Waals surface area (Å²) in [7, 11) is 0. The molecular formula is C14H23NO3. The lowest BCUT2D eigenvalue weighted by Gasteiger charge is -2.22. The molecule has 0 aromatic heterocycles. The first-order chi connectivity index (χ1) is 8.29. The predicted octanol–water partition coefficient (Wildman–Crippen LogP) is 2.97. The van der Waals surface area contributed by atoms with Gasteiger partial charge in [0, 0.05) is 6.42 Å². The lowest BCUT2D eigenvalue weighted by atomic mass is 10.0. The zero-order valence-electron chi connectivity index (χ0n) is 11.5. The summed E-state index contributed by atoms with van der Waals surface area (Å²) in [5, 5.41) is 2.71. The van der Waals surface area contributed by atoms with E-state index in [1.54, 1.807) is 26.8 Å². The largest absolute Gasteiger partial charge is 0.444 e. The van der Waals surface area contributed by atoms with Crippen molar-refractivity contribution in [3.8, 4) is 0 Å². The van der Waals surface area contributed by atoms with Crippen molar-refractivity contribution < 1.29 is 14.3 Å². The molecule has 4 heteroatoms. The fraction of sp³-hybridized carbons (Fsp3) is 0.714. The first-order valence-electron chi connectivity index (χ1n) is 6.44. The van der Waals surface area contributed by atoms with Crippen molar-refractivity contribution in [3.63, 3.8) is 0 Å². The number of hydrogen-bond donors (Lipinski definition) is 1. The fourth-order valence-corrected chi connectivity index (χ4v) is 1.74. The number of carbonyl (C=O) groups excluding carboxylic acids is 2. The van der Waals surface area contributed by atoms with Gasteiger partial charge in [0.1, 0.15) is 11.1 Å². The van der Waals surface area contributed by atoms with E-state index in [1.165, 1.54) is 0 Å². The van der Waals surface area contributed by atoms with Gasteiger partial charge >= 0.3 is 6.09 Å². The minimum Gasteiger partial charge on any atom is -0.444 e. The molecular weight excluding hydrogens is 230 g/mol. The molecule has 0 saturated heterocycles. The van der Waals surface area contributed by atoms with Gasteiger partial charge < -0.3 is 10.1 Å². The van der Waals surface area contributed by atoms with Crippen molar-refractivity contribution in [2.75, 3.05) is 0 Å². The molecule has 1 saturated carbocycles. The van der Waals surface area contributed by atoms with E-state index >= 15 is 0 Å². The minimum absolute atomic E-state index is 0.107. The number of unbranched alkanes of at least 4 members (excludes halogenated alkanes) is 1. The first kappa shape index (κ1) is 14.7. The molecule has 1 amide bonds. The van der Waals surface area contributed by atoms with Crippen LogP contribution in [0.4, 0.5) is 4.79 Å². The summed E-state index contributed by atoms with van der Waals surface area (Å²) in [6, 6.07) is 0. The zero-order valence-corrected chi connectivity index (χ0v) is 11.5. The van der Waals surface area contributed by atoms with Crippen LogP contribution < -0.4 is 5.32 Å². The molecule has 0 radical (unpaired) electrons. The van der Waals surface area contributed by atoms with Gasteiger partial charge in [0.2, 0.25) is 0 Å². The first-order valence-corrected chi connectivity index (χ1v) is 6.44. The van der Waals surface area contributed by atoms with Gasteiger partial charge in [0.15, 0.2) is 5.78 Å². The van der Waals surface area contributed by atoms with Gasteiger partial charge in [0.25, 0.3) is 0 Å². The molecule has 1 aliphatic rings. The molecule has 1 N–H and O–H groups in total. The highest BCUT2D eigenvalue weighted by Crippen LogP contribution is 2.38. The number of hydrogen-bond acceptors (Lipinski definition) is 3. The second-order valence-electron chi connectivity index (χ2n) is 5.81. The topological polar surface area (TPSA) is 55.4 Å². The van der Waals surface area contributed by atoms with Crippen LogP contribution in [0.15, 0.2) is 12.7 Å². The lowest BCUT2D eigenvalue weighted by Crippen LogP contribution is -2.45. The Bertz CT molecular complexity index is 337. The van der Waals surface area contributed by atoms with Crippen molar-refractivity contribution in [1.29, 1.82) is 0 Å². The number of ketones is 1. The predicted molar refractivity (Wildman–Crippen MR) is 70.4 cm³/mol. The van der Waals surface area contributed by atoms with Crippen LogP contribution in [-0.2, 0) is 9.53 Å². The Labute approximate surface area is 109 Å². The van der Waals surface area contributed by atoms with E-state index in [0.29, 0.717) is 6.42 Å². The Kier molecular flexibility index (Phi) is 4.54. The molecule has 102 valence electrons. The summed E-state index contributed by atoms with van der Waals surface area (Å²) in [6.07, 6.45) is 4.85. The van der Waals surface area contributed by atoms with E-state index in [-0.39, 0.29) is 5.78 Å². The Morgan fingerprint density at radius 2 is 2.00 bits per heavy atom. The van der Waals surface area contributed by atoms with Crippen LogP contribution in [-0.4, -0.2) is 23.0 Å². The number of allylic oxidation sites excluding steroid dienone is 1. The fourth-order valence-electron chi connectivity index (χ4n) is 1.74. The number of alkyl carbamates (subject to hydrolysis) is 1. The third kappa shape index (κ3) is 4.51. The van der Waals surface area contributed by atoms with Crippen molar-refractivity contribution in [1.82, 2.24) is 5.32 Å². The molecule has 1 fully saturated rings. The average Bonchev–Trinajstić information content (AvgIpc) is 2.96. The van der Waals surface area contributed by atoms with Crippen LogP contribution >= 0.6 is 0 Å². The molecule has 1 aliphatic carbocycles. The van der Waals surface area contributed by atoms with Gasteiger partial charge in [-0.05, 0) is 46.5 Å². The smallest absolute Gasteiger partial charge is 0.408 e. The van der Waals surface area contributed by atoms with E-state index in [1.807, 2.05) is 0 Å². The summed E-state index contributed by atoms with van der Waals surface area (Å²) in [4.78, 5) is 23.6. The number of nitrogens with one attached hydrogen (secondary N) is 1. The molecule has 4 nitrogen and oxygen atoms in total. The van der Waals surface area contributed by atoms with Gasteiger partial charge in [-0.3, -0.25) is 4.79 Å². The van der Waals surface area contributed by atoms with Gasteiger partial charge in [0.05, 0.1) is 0 Å². The van der Waals surface area contributed by atoms with Gasteiger partial charge in [-0.25, -0.2) is 4.79 Å². The van der Waals surface area contributed by atoms with E-state index in [9.17, 15) is 9.59 Å². The molecule has 0 aromatic rings. The molecule has 0 atom stereocenters. The third-order valence-electron chi connectivity index (χ3n) is 2.84. The molecule has 0 aromatic carbocycles. The maximum Gasteiger partial charge on any atom is 0.408 e. The SMILES string of the molecule is C=CCCCC(=O)C1(NC(=O)OC(C)(C)C)CC1. The lowest BCUT2D eigenvalue weighted by molar-refractivity contribution is -0.122. The highest BCUT2D eigenvalue weighted by Gasteiger charge is 2.50. The maximum absolute atomic E-state index is 12.0. The van der Waals surface area contributed by atoms with Crippen LogP contribution in [0.1, 0.15) is 52.9 Å². The van der Waals surface area contributed by atoms with E-state index < -0.39 is 17.2 Å². The highest BCUT2D eigenvalue weighted by atomic mass is 16.6. The van der Waals surface area contributed by atoms with E-state index in [0.717, 1.165) is 25.7 Å². The van der Waals surface area contributed by atoms with Crippen LogP contribution in [0, 0.1) is 0 Å². The van der Waals surface area contributed by atoms with Crippen molar-refractivity contribution in [2.24, 2.45) is 0 Å².